The van der Waals surface area contributed by atoms with Crippen LogP contribution < -0.4 is 10.1 Å². The van der Waals surface area contributed by atoms with E-state index in [0.717, 1.165) is 32.2 Å². The quantitative estimate of drug-likeness (QED) is 0.838. The number of methoxy groups -OCH3 is 1. The first kappa shape index (κ1) is 19.1. The first-order valence-electron chi connectivity index (χ1n) is 9.24. The lowest BCUT2D eigenvalue weighted by Crippen LogP contribution is -2.43. The predicted octanol–water partition coefficient (Wildman–Crippen LogP) is 2.79. The fourth-order valence-electron chi connectivity index (χ4n) is 3.58. The van der Waals surface area contributed by atoms with Crippen LogP contribution in [0, 0.1) is 0 Å². The van der Waals surface area contributed by atoms with Crippen LogP contribution in [0.1, 0.15) is 32.6 Å². The van der Waals surface area contributed by atoms with Gasteiger partial charge in [-0.3, -0.25) is 0 Å². The molecule has 0 saturated carbocycles. The van der Waals surface area contributed by atoms with Crippen molar-refractivity contribution >= 4 is 20.8 Å². The van der Waals surface area contributed by atoms with Crippen molar-refractivity contribution in [1.82, 2.24) is 14.6 Å². The number of sulfonamides is 1. The summed E-state index contributed by atoms with van der Waals surface area (Å²) in [5.74, 6) is 0.444. The number of hydrogen-bond donors (Lipinski definition) is 1. The topological polar surface area (TPSA) is 71.5 Å². The summed E-state index contributed by atoms with van der Waals surface area (Å²) in [6.07, 6.45) is 5.36. The SMILES string of the molecule is CCCC[C@@H]1CNCCCN1S(=O)(=O)c1cccc2c(OC)nccc12. The van der Waals surface area contributed by atoms with Crippen LogP contribution in [0.25, 0.3) is 10.8 Å². The van der Waals surface area contributed by atoms with Gasteiger partial charge in [0.2, 0.25) is 15.9 Å². The third kappa shape index (κ3) is 3.70. The minimum atomic E-state index is -3.61. The maximum atomic E-state index is 13.6. The Hall–Kier alpha value is -1.70. The van der Waals surface area contributed by atoms with Crippen molar-refractivity contribution in [3.63, 3.8) is 0 Å². The molecule has 1 saturated heterocycles. The molecular weight excluding hydrogens is 350 g/mol. The molecule has 1 aliphatic rings. The Morgan fingerprint density at radius 2 is 2.15 bits per heavy atom. The first-order chi connectivity index (χ1) is 12.6. The standard InChI is InChI=1S/C19H27N3O3S/c1-3-4-7-15-14-20-11-6-13-22(15)26(23,24)18-9-5-8-17-16(18)10-12-21-19(17)25-2/h5,8-10,12,15,20H,3-4,6-7,11,13-14H2,1-2H3/t15-/m1/s1. The number of rotatable bonds is 6. The van der Waals surface area contributed by atoms with Crippen molar-refractivity contribution in [3.8, 4) is 5.88 Å². The molecule has 6 nitrogen and oxygen atoms in total. The fraction of sp³-hybridized carbons (Fsp3) is 0.526. The number of benzene rings is 1. The van der Waals surface area contributed by atoms with E-state index in [4.69, 9.17) is 4.74 Å². The van der Waals surface area contributed by atoms with Crippen LogP contribution in [-0.2, 0) is 10.0 Å². The lowest BCUT2D eigenvalue weighted by atomic mass is 10.1. The van der Waals surface area contributed by atoms with Gasteiger partial charge in [0.15, 0.2) is 0 Å². The van der Waals surface area contributed by atoms with E-state index in [1.807, 2.05) is 6.07 Å². The van der Waals surface area contributed by atoms with Gasteiger partial charge in [-0.05, 0) is 37.6 Å². The summed E-state index contributed by atoms with van der Waals surface area (Å²) in [7, 11) is -2.06. The molecule has 1 aliphatic heterocycles. The molecule has 1 fully saturated rings. The molecule has 142 valence electrons. The summed E-state index contributed by atoms with van der Waals surface area (Å²) in [5.41, 5.74) is 0. The number of nitrogens with one attached hydrogen (secondary N) is 1. The average Bonchev–Trinajstić information content (AvgIpc) is 2.91. The number of nitrogens with zero attached hydrogens (tertiary/aromatic N) is 2. The number of unbranched alkanes of at least 4 members (excludes halogenated alkanes) is 1. The van der Waals surface area contributed by atoms with E-state index in [9.17, 15) is 8.42 Å². The van der Waals surface area contributed by atoms with Crippen LogP contribution in [0.5, 0.6) is 5.88 Å². The molecule has 0 aliphatic carbocycles. The zero-order valence-corrected chi connectivity index (χ0v) is 16.3. The summed E-state index contributed by atoms with van der Waals surface area (Å²) < 4.78 is 34.1. The minimum Gasteiger partial charge on any atom is -0.481 e. The fourth-order valence-corrected chi connectivity index (χ4v) is 5.48. The van der Waals surface area contributed by atoms with Crippen molar-refractivity contribution in [2.75, 3.05) is 26.7 Å². The van der Waals surface area contributed by atoms with Gasteiger partial charge in [-0.2, -0.15) is 4.31 Å². The van der Waals surface area contributed by atoms with Crippen molar-refractivity contribution in [3.05, 3.63) is 30.5 Å². The normalized spacial score (nSPS) is 19.4. The molecule has 0 bridgehead atoms. The molecule has 1 aromatic heterocycles. The Labute approximate surface area is 155 Å². The number of hydrogen-bond acceptors (Lipinski definition) is 5. The number of fused-ring (bicyclic) bond motifs is 1. The van der Waals surface area contributed by atoms with Gasteiger partial charge in [-0.25, -0.2) is 13.4 Å². The minimum absolute atomic E-state index is 0.0126. The lowest BCUT2D eigenvalue weighted by Gasteiger charge is -2.29. The van der Waals surface area contributed by atoms with Gasteiger partial charge >= 0.3 is 0 Å². The lowest BCUT2D eigenvalue weighted by molar-refractivity contribution is 0.313. The maximum Gasteiger partial charge on any atom is 0.243 e. The molecule has 2 aromatic rings. The van der Waals surface area contributed by atoms with E-state index in [1.165, 1.54) is 0 Å². The molecule has 0 amide bonds. The average molecular weight is 378 g/mol. The van der Waals surface area contributed by atoms with Crippen molar-refractivity contribution in [2.45, 2.75) is 43.5 Å². The molecule has 26 heavy (non-hydrogen) atoms. The van der Waals surface area contributed by atoms with Crippen molar-refractivity contribution in [1.29, 1.82) is 0 Å². The van der Waals surface area contributed by atoms with Crippen LogP contribution in [0.2, 0.25) is 0 Å². The van der Waals surface area contributed by atoms with Gasteiger partial charge in [0.25, 0.3) is 0 Å². The molecule has 0 unspecified atom stereocenters. The van der Waals surface area contributed by atoms with Crippen LogP contribution in [0.15, 0.2) is 35.4 Å². The molecule has 7 heteroatoms. The second-order valence-corrected chi connectivity index (χ2v) is 8.50. The Balaban J connectivity index is 2.07. The molecule has 1 N–H and O–H groups in total. The van der Waals surface area contributed by atoms with Gasteiger partial charge in [0, 0.05) is 36.1 Å². The highest BCUT2D eigenvalue weighted by Gasteiger charge is 2.33. The second kappa shape index (κ2) is 8.33. The highest BCUT2D eigenvalue weighted by molar-refractivity contribution is 7.89. The first-order valence-corrected chi connectivity index (χ1v) is 10.7. The second-order valence-electron chi connectivity index (χ2n) is 6.64. The van der Waals surface area contributed by atoms with E-state index >= 15 is 0 Å². The zero-order valence-electron chi connectivity index (χ0n) is 15.4. The third-order valence-corrected chi connectivity index (χ3v) is 6.93. The summed E-state index contributed by atoms with van der Waals surface area (Å²) in [6, 6.07) is 7.03. The van der Waals surface area contributed by atoms with Gasteiger partial charge in [-0.15, -0.1) is 0 Å². The highest BCUT2D eigenvalue weighted by Crippen LogP contribution is 2.31. The van der Waals surface area contributed by atoms with E-state index < -0.39 is 10.0 Å². The molecule has 1 atom stereocenters. The number of pyridine rings is 1. The van der Waals surface area contributed by atoms with E-state index in [2.05, 4.69) is 17.2 Å². The molecule has 0 spiro atoms. The summed E-state index contributed by atoms with van der Waals surface area (Å²) in [5, 5.41) is 4.75. The summed E-state index contributed by atoms with van der Waals surface area (Å²) >= 11 is 0. The van der Waals surface area contributed by atoms with Gasteiger partial charge in [-0.1, -0.05) is 25.8 Å². The summed E-state index contributed by atoms with van der Waals surface area (Å²) in [6.45, 7) is 4.23. The maximum absolute atomic E-state index is 13.6. The summed E-state index contributed by atoms with van der Waals surface area (Å²) in [4.78, 5) is 4.52. The van der Waals surface area contributed by atoms with Gasteiger partial charge in [0.05, 0.1) is 12.0 Å². The van der Waals surface area contributed by atoms with Crippen LogP contribution in [-0.4, -0.2) is 50.5 Å². The Bertz CT molecular complexity index is 854. The molecule has 1 aromatic carbocycles. The highest BCUT2D eigenvalue weighted by atomic mass is 32.2. The molecule has 3 rings (SSSR count). The Morgan fingerprint density at radius 3 is 2.92 bits per heavy atom. The van der Waals surface area contributed by atoms with Crippen LogP contribution in [0.3, 0.4) is 0 Å². The zero-order chi connectivity index (χ0) is 18.6. The smallest absolute Gasteiger partial charge is 0.243 e. The van der Waals surface area contributed by atoms with Crippen molar-refractivity contribution in [2.24, 2.45) is 0 Å². The Kier molecular flexibility index (Phi) is 6.11. The van der Waals surface area contributed by atoms with Gasteiger partial charge in [0.1, 0.15) is 0 Å². The van der Waals surface area contributed by atoms with Gasteiger partial charge < -0.3 is 10.1 Å². The number of aromatic nitrogens is 1. The van der Waals surface area contributed by atoms with E-state index in [-0.39, 0.29) is 6.04 Å². The third-order valence-electron chi connectivity index (χ3n) is 4.92. The monoisotopic (exact) mass is 377 g/mol. The van der Waals surface area contributed by atoms with Crippen LogP contribution >= 0.6 is 0 Å². The molecular formula is C19H27N3O3S. The predicted molar refractivity (Wildman–Crippen MR) is 103 cm³/mol. The van der Waals surface area contributed by atoms with Crippen LogP contribution in [0.4, 0.5) is 0 Å². The Morgan fingerprint density at radius 1 is 1.31 bits per heavy atom. The van der Waals surface area contributed by atoms with E-state index in [1.54, 1.807) is 35.8 Å². The van der Waals surface area contributed by atoms with E-state index in [0.29, 0.717) is 34.6 Å². The van der Waals surface area contributed by atoms with Crippen molar-refractivity contribution < 1.29 is 13.2 Å². The number of ether oxygens (including phenoxy) is 1. The molecule has 0 radical (unpaired) electrons. The largest absolute Gasteiger partial charge is 0.481 e. The molecule has 2 heterocycles.